The van der Waals surface area contributed by atoms with Crippen molar-refractivity contribution in [2.75, 3.05) is 5.75 Å². The normalized spacial score (nSPS) is 42.5. The van der Waals surface area contributed by atoms with Crippen LogP contribution in [-0.4, -0.2) is 99.7 Å². The van der Waals surface area contributed by atoms with E-state index in [2.05, 4.69) is 10.3 Å². The van der Waals surface area contributed by atoms with E-state index in [-0.39, 0.29) is 41.5 Å². The maximum Gasteiger partial charge on any atom is 0.341 e. The molecular formula is C29H34N2O11S. The zero-order valence-corrected chi connectivity index (χ0v) is 24.8. The van der Waals surface area contributed by atoms with E-state index in [0.717, 1.165) is 11.8 Å². The zero-order chi connectivity index (χ0) is 31.4. The summed E-state index contributed by atoms with van der Waals surface area (Å²) >= 11 is 0.975. The highest BCUT2D eigenvalue weighted by molar-refractivity contribution is 8.00. The van der Waals surface area contributed by atoms with Crippen LogP contribution in [0.2, 0.25) is 0 Å². The molecule has 2 saturated carbocycles. The molecule has 4 heterocycles. The van der Waals surface area contributed by atoms with Crippen LogP contribution in [0.25, 0.3) is 0 Å². The molecule has 1 aromatic heterocycles. The maximum absolute atomic E-state index is 14.3. The van der Waals surface area contributed by atoms with E-state index in [1.54, 1.807) is 6.92 Å². The first-order valence-corrected chi connectivity index (χ1v) is 15.2. The van der Waals surface area contributed by atoms with E-state index in [1.165, 1.54) is 32.2 Å². The summed E-state index contributed by atoms with van der Waals surface area (Å²) in [6, 6.07) is 2.64. The molecule has 5 fully saturated rings. The molecule has 43 heavy (non-hydrogen) atoms. The molecule has 1 amide bonds. The molecule has 11 atom stereocenters. The Morgan fingerprint density at radius 3 is 2.58 bits per heavy atom. The predicted octanol–water partition coefficient (Wildman–Crippen LogP) is 0.714. The minimum atomic E-state index is -1.97. The Morgan fingerprint density at radius 1 is 1.23 bits per heavy atom. The van der Waals surface area contributed by atoms with Gasteiger partial charge in [-0.1, -0.05) is 13.8 Å². The molecule has 14 heteroatoms. The number of carbonyl (C=O) groups is 4. The number of fused-ring (bicyclic) bond motifs is 1. The maximum atomic E-state index is 14.3. The number of esters is 1. The lowest BCUT2D eigenvalue weighted by molar-refractivity contribution is -0.301. The molecule has 3 saturated heterocycles. The number of nitrogens with one attached hydrogen (secondary N) is 1. The molecule has 3 aliphatic carbocycles. The Morgan fingerprint density at radius 2 is 1.93 bits per heavy atom. The summed E-state index contributed by atoms with van der Waals surface area (Å²) in [4.78, 5) is 57.1. The Bertz CT molecular complexity index is 1480. The van der Waals surface area contributed by atoms with Gasteiger partial charge >= 0.3 is 11.9 Å². The van der Waals surface area contributed by atoms with Gasteiger partial charge in [0.05, 0.1) is 18.1 Å². The van der Waals surface area contributed by atoms with Crippen molar-refractivity contribution < 1.29 is 54.2 Å². The minimum Gasteiger partial charge on any atom is -0.511 e. The first kappa shape index (κ1) is 29.9. The first-order valence-electron chi connectivity index (χ1n) is 14.1. The second kappa shape index (κ2) is 9.40. The summed E-state index contributed by atoms with van der Waals surface area (Å²) in [7, 11) is 0. The number of ketones is 1. The molecule has 4 unspecified atom stereocenters. The fraction of sp³-hybridized carbons (Fsp3) is 0.621. The van der Waals surface area contributed by atoms with Crippen LogP contribution in [0.1, 0.15) is 51.0 Å². The van der Waals surface area contributed by atoms with Crippen LogP contribution in [0.4, 0.5) is 0 Å². The van der Waals surface area contributed by atoms with Crippen LogP contribution in [0, 0.1) is 23.7 Å². The molecular weight excluding hydrogens is 584 g/mol. The van der Waals surface area contributed by atoms with E-state index >= 15 is 0 Å². The number of aliphatic carboxylic acids is 1. The van der Waals surface area contributed by atoms with Gasteiger partial charge in [-0.3, -0.25) is 9.59 Å². The summed E-state index contributed by atoms with van der Waals surface area (Å²) in [5.41, 5.74) is -7.87. The summed E-state index contributed by atoms with van der Waals surface area (Å²) in [5.74, 6) is -8.32. The summed E-state index contributed by atoms with van der Waals surface area (Å²) in [6.45, 7) is 5.99. The van der Waals surface area contributed by atoms with Crippen LogP contribution in [0.5, 0.6) is 5.75 Å². The number of carboxylic acids is 1. The van der Waals surface area contributed by atoms with E-state index in [0.29, 0.717) is 0 Å². The molecule has 1 aromatic rings. The van der Waals surface area contributed by atoms with Gasteiger partial charge in [0.15, 0.2) is 22.7 Å². The van der Waals surface area contributed by atoms with Crippen LogP contribution in [0.15, 0.2) is 29.7 Å². The number of carbonyl (C=O) groups excluding carboxylic acids is 3. The van der Waals surface area contributed by atoms with E-state index < -0.39 is 86.9 Å². The first-order chi connectivity index (χ1) is 20.0. The molecule has 232 valence electrons. The number of hydrogen-bond acceptors (Lipinski definition) is 12. The molecule has 0 aromatic carbocycles. The van der Waals surface area contributed by atoms with Gasteiger partial charge in [0.1, 0.15) is 28.2 Å². The van der Waals surface area contributed by atoms with Gasteiger partial charge in [-0.2, -0.15) is 11.8 Å². The number of pyridine rings is 1. The number of thioether (sulfide) groups is 1. The quantitative estimate of drug-likeness (QED) is 0.243. The number of Topliss-reactive ketones (excluding diaryl/α,β-unsaturated/α-hetero) is 1. The van der Waals surface area contributed by atoms with Crippen molar-refractivity contribution in [3.8, 4) is 5.75 Å². The number of aromatic hydroxyl groups is 1. The van der Waals surface area contributed by atoms with Crippen molar-refractivity contribution in [2.24, 2.45) is 23.7 Å². The van der Waals surface area contributed by atoms with Crippen LogP contribution in [-0.2, 0) is 23.9 Å². The molecule has 13 nitrogen and oxygen atoms in total. The van der Waals surface area contributed by atoms with E-state index in [9.17, 15) is 44.7 Å². The lowest BCUT2D eigenvalue weighted by Gasteiger charge is -2.58. The smallest absolute Gasteiger partial charge is 0.341 e. The average molecular weight is 619 g/mol. The minimum absolute atomic E-state index is 0.189. The van der Waals surface area contributed by atoms with Crippen molar-refractivity contribution in [3.05, 3.63) is 35.4 Å². The molecule has 7 rings (SSSR count). The number of rotatable bonds is 6. The van der Waals surface area contributed by atoms with Gasteiger partial charge < -0.3 is 40.3 Å². The molecule has 6 N–H and O–H groups in total. The van der Waals surface area contributed by atoms with Crippen molar-refractivity contribution in [1.82, 2.24) is 10.3 Å². The number of aliphatic hydroxyl groups is 3. The lowest BCUT2D eigenvalue weighted by atomic mass is 9.59. The second-order valence-electron chi connectivity index (χ2n) is 13.0. The topological polar surface area (TPSA) is 213 Å². The fourth-order valence-corrected chi connectivity index (χ4v) is 9.98. The molecule has 3 aliphatic heterocycles. The number of hydrogen-bond donors (Lipinski definition) is 6. The summed E-state index contributed by atoms with van der Waals surface area (Å²) in [6.07, 6.45) is -0.771. The van der Waals surface area contributed by atoms with Crippen LogP contribution < -0.4 is 5.32 Å². The average Bonchev–Trinajstić information content (AvgIpc) is 3.26. The highest BCUT2D eigenvalue weighted by Gasteiger charge is 2.87. The van der Waals surface area contributed by atoms with Gasteiger partial charge in [0.2, 0.25) is 0 Å². The SMILES string of the molecule is CC1C[C@@]23OC(=O)C4=C(O)[C@H](C)C[C@@](C)(O)C(=O)[C@H]5C(SC[C@](C)(NC(=O)c6ncccc6O)C(=O)O)C2C(O)[C@@H]1O[C@]453. The Balaban J connectivity index is 1.45. The summed E-state index contributed by atoms with van der Waals surface area (Å²) < 4.78 is 12.6. The van der Waals surface area contributed by atoms with Gasteiger partial charge in [0.25, 0.3) is 5.91 Å². The standard InChI is InChI=1S/C29H34N2O11S/c1-11-8-27(4,40)22(35)16-21(43-10-26(3,25(38)39)31-23(36)17-13(32)6-5-7-30-17)14-19(34)20-12(2)9-28(14)29(16,41-20)15(18(11)33)24(37)42-28/h5-7,11-12,14,16,19-21,32-34,40H,8-10H2,1-4H3,(H,31,36)(H,38,39)/t11-,12?,14?,16-,19?,20-,21?,26+,27-,28-,29-/m1/s1. The van der Waals surface area contributed by atoms with Crippen molar-refractivity contribution in [3.63, 3.8) is 0 Å². The van der Waals surface area contributed by atoms with Crippen molar-refractivity contribution in [1.29, 1.82) is 0 Å². The third-order valence-corrected chi connectivity index (χ3v) is 11.7. The number of allylic oxidation sites excluding steroid dienone is 1. The molecule has 0 radical (unpaired) electrons. The number of aromatic nitrogens is 1. The molecule has 6 aliphatic rings. The third-order valence-electron chi connectivity index (χ3n) is 10.0. The molecule has 4 bridgehead atoms. The number of ether oxygens (including phenoxy) is 2. The highest BCUT2D eigenvalue weighted by Crippen LogP contribution is 2.72. The fourth-order valence-electron chi connectivity index (χ4n) is 8.16. The van der Waals surface area contributed by atoms with Crippen LogP contribution >= 0.6 is 11.8 Å². The van der Waals surface area contributed by atoms with Gasteiger partial charge in [-0.15, -0.1) is 0 Å². The lowest BCUT2D eigenvalue weighted by Crippen LogP contribution is -2.72. The largest absolute Gasteiger partial charge is 0.511 e. The van der Waals surface area contributed by atoms with Crippen molar-refractivity contribution in [2.45, 2.75) is 80.3 Å². The Labute approximate surface area is 250 Å². The zero-order valence-electron chi connectivity index (χ0n) is 23.9. The monoisotopic (exact) mass is 618 g/mol. The third kappa shape index (κ3) is 3.79. The number of carboxylic acid groups (broad SMARTS) is 1. The Kier molecular flexibility index (Phi) is 6.53. The highest BCUT2D eigenvalue weighted by atomic mass is 32.2. The van der Waals surface area contributed by atoms with E-state index in [4.69, 9.17) is 9.47 Å². The number of amides is 1. The van der Waals surface area contributed by atoms with Crippen LogP contribution in [0.3, 0.4) is 0 Å². The summed E-state index contributed by atoms with van der Waals surface area (Å²) in [5, 5.41) is 56.1. The van der Waals surface area contributed by atoms with E-state index in [1.807, 2.05) is 6.92 Å². The second-order valence-corrected chi connectivity index (χ2v) is 14.2. The molecule has 2 spiro atoms. The van der Waals surface area contributed by atoms with Gasteiger partial charge in [-0.05, 0) is 44.7 Å². The number of nitrogens with zero attached hydrogens (tertiary/aromatic N) is 1. The van der Waals surface area contributed by atoms with Crippen molar-refractivity contribution >= 4 is 35.4 Å². The van der Waals surface area contributed by atoms with Gasteiger partial charge in [-0.25, -0.2) is 14.6 Å². The predicted molar refractivity (Wildman–Crippen MR) is 148 cm³/mol. The van der Waals surface area contributed by atoms with Gasteiger partial charge in [0, 0.05) is 29.0 Å². The Hall–Kier alpha value is -3.20. The number of aliphatic hydroxyl groups excluding tert-OH is 2.